The van der Waals surface area contributed by atoms with Crippen molar-refractivity contribution in [1.82, 2.24) is 4.90 Å². The summed E-state index contributed by atoms with van der Waals surface area (Å²) < 4.78 is 5.59. The van der Waals surface area contributed by atoms with Gasteiger partial charge in [-0.15, -0.1) is 11.8 Å². The molecule has 3 atom stereocenters. The van der Waals surface area contributed by atoms with Crippen molar-refractivity contribution in [3.05, 3.63) is 0 Å². The zero-order valence-corrected chi connectivity index (χ0v) is 8.84. The van der Waals surface area contributed by atoms with Gasteiger partial charge in [0.2, 0.25) is 5.91 Å². The monoisotopic (exact) mass is 201 g/mol. The number of carbonyl (C=O) groups excluding carboxylic acids is 1. The van der Waals surface area contributed by atoms with E-state index in [0.29, 0.717) is 24.3 Å². The summed E-state index contributed by atoms with van der Waals surface area (Å²) >= 11 is 1.88. The number of hydrogen-bond acceptors (Lipinski definition) is 3. The van der Waals surface area contributed by atoms with Crippen LogP contribution in [-0.2, 0) is 9.53 Å². The Morgan fingerprint density at radius 3 is 3.08 bits per heavy atom. The van der Waals surface area contributed by atoms with E-state index in [9.17, 15) is 4.79 Å². The van der Waals surface area contributed by atoms with Gasteiger partial charge in [-0.2, -0.15) is 0 Å². The van der Waals surface area contributed by atoms with Gasteiger partial charge in [0.15, 0.2) is 0 Å². The van der Waals surface area contributed by atoms with Gasteiger partial charge < -0.3 is 9.64 Å². The maximum Gasteiger partial charge on any atom is 0.228 e. The van der Waals surface area contributed by atoms with Crippen LogP contribution in [0.1, 0.15) is 20.3 Å². The molecule has 0 unspecified atom stereocenters. The SMILES string of the molecule is CCO[C@H]1[C@H](C)CS[C@@H]2CC(=O)N21. The van der Waals surface area contributed by atoms with Gasteiger partial charge in [-0.25, -0.2) is 0 Å². The van der Waals surface area contributed by atoms with Crippen LogP contribution >= 0.6 is 11.8 Å². The average molecular weight is 201 g/mol. The molecule has 1 amide bonds. The number of fused-ring (bicyclic) bond motifs is 1. The van der Waals surface area contributed by atoms with Crippen molar-refractivity contribution < 1.29 is 9.53 Å². The van der Waals surface area contributed by atoms with Gasteiger partial charge in [0.1, 0.15) is 6.23 Å². The number of thioether (sulfide) groups is 1. The molecule has 2 heterocycles. The minimum atomic E-state index is 0.0394. The predicted octanol–water partition coefficient (Wildman–Crippen LogP) is 1.29. The van der Waals surface area contributed by atoms with Crippen LogP contribution in [0.5, 0.6) is 0 Å². The van der Waals surface area contributed by atoms with E-state index < -0.39 is 0 Å². The highest BCUT2D eigenvalue weighted by atomic mass is 32.2. The third-order valence-electron chi connectivity index (χ3n) is 2.60. The molecule has 74 valence electrons. The Morgan fingerprint density at radius 1 is 1.69 bits per heavy atom. The highest BCUT2D eigenvalue weighted by Crippen LogP contribution is 2.40. The van der Waals surface area contributed by atoms with Gasteiger partial charge in [-0.05, 0) is 6.92 Å². The lowest BCUT2D eigenvalue weighted by Gasteiger charge is -2.50. The van der Waals surface area contributed by atoms with Crippen molar-refractivity contribution in [3.63, 3.8) is 0 Å². The normalized spacial score (nSPS) is 38.5. The third-order valence-corrected chi connectivity index (χ3v) is 4.09. The van der Waals surface area contributed by atoms with Crippen LogP contribution in [0.15, 0.2) is 0 Å². The highest BCUT2D eigenvalue weighted by molar-refractivity contribution is 8.00. The summed E-state index contributed by atoms with van der Waals surface area (Å²) in [6.45, 7) is 4.82. The summed E-state index contributed by atoms with van der Waals surface area (Å²) in [5.74, 6) is 1.83. The Morgan fingerprint density at radius 2 is 2.46 bits per heavy atom. The Balaban J connectivity index is 2.05. The van der Waals surface area contributed by atoms with Crippen LogP contribution in [0.25, 0.3) is 0 Å². The second-order valence-corrected chi connectivity index (χ2v) is 4.83. The Hall–Kier alpha value is -0.220. The van der Waals surface area contributed by atoms with Gasteiger partial charge in [-0.3, -0.25) is 4.79 Å². The molecule has 0 N–H and O–H groups in total. The van der Waals surface area contributed by atoms with Crippen molar-refractivity contribution in [1.29, 1.82) is 0 Å². The Kier molecular flexibility index (Phi) is 2.51. The summed E-state index contributed by atoms with van der Waals surface area (Å²) in [5.41, 5.74) is 0. The molecule has 0 saturated carbocycles. The number of nitrogens with zero attached hydrogens (tertiary/aromatic N) is 1. The van der Waals surface area contributed by atoms with Crippen LogP contribution in [0.2, 0.25) is 0 Å². The minimum absolute atomic E-state index is 0.0394. The van der Waals surface area contributed by atoms with E-state index in [-0.39, 0.29) is 12.1 Å². The second-order valence-electron chi connectivity index (χ2n) is 3.62. The molecule has 2 saturated heterocycles. The summed E-state index contributed by atoms with van der Waals surface area (Å²) in [5, 5.41) is 0.403. The third kappa shape index (κ3) is 1.46. The minimum Gasteiger partial charge on any atom is -0.358 e. The number of amides is 1. The molecule has 2 aliphatic rings. The van der Waals surface area contributed by atoms with Crippen LogP contribution in [-0.4, -0.2) is 34.8 Å². The fourth-order valence-electron chi connectivity index (χ4n) is 1.88. The molecule has 3 nitrogen and oxygen atoms in total. The largest absolute Gasteiger partial charge is 0.358 e. The molecule has 2 fully saturated rings. The summed E-state index contributed by atoms with van der Waals surface area (Å²) in [6, 6.07) is 0. The second kappa shape index (κ2) is 3.50. The Bertz CT molecular complexity index is 222. The van der Waals surface area contributed by atoms with E-state index in [1.54, 1.807) is 0 Å². The molecule has 4 heteroatoms. The fourth-order valence-corrected chi connectivity index (χ4v) is 3.23. The van der Waals surface area contributed by atoms with E-state index in [2.05, 4.69) is 6.92 Å². The van der Waals surface area contributed by atoms with E-state index in [1.807, 2.05) is 23.6 Å². The first-order chi connectivity index (χ1) is 6.24. The fraction of sp³-hybridized carbons (Fsp3) is 0.889. The predicted molar refractivity (Wildman–Crippen MR) is 52.3 cm³/mol. The number of carbonyl (C=O) groups is 1. The lowest BCUT2D eigenvalue weighted by Crippen LogP contribution is -2.61. The number of β-lactam (4-membered cyclic amide) rings is 1. The molecule has 0 aromatic heterocycles. The van der Waals surface area contributed by atoms with Crippen molar-refractivity contribution in [2.75, 3.05) is 12.4 Å². The molecule has 0 aromatic rings. The Labute approximate surface area is 82.8 Å². The number of hydrogen-bond donors (Lipinski definition) is 0. The van der Waals surface area contributed by atoms with Crippen LogP contribution in [0.4, 0.5) is 0 Å². The molecule has 2 rings (SSSR count). The topological polar surface area (TPSA) is 29.5 Å². The molecule has 2 aliphatic heterocycles. The zero-order valence-electron chi connectivity index (χ0n) is 8.03. The molecule has 0 radical (unpaired) electrons. The standard InChI is InChI=1S/C9H15NO2S/c1-3-12-9-6(2)5-13-8-4-7(11)10(8)9/h6,8-9H,3-5H2,1-2H3/t6-,8-,9+/m1/s1. The van der Waals surface area contributed by atoms with Crippen LogP contribution in [0.3, 0.4) is 0 Å². The van der Waals surface area contributed by atoms with Crippen molar-refractivity contribution in [3.8, 4) is 0 Å². The molecular formula is C9H15NO2S. The first-order valence-electron chi connectivity index (χ1n) is 4.78. The maximum absolute atomic E-state index is 11.3. The zero-order chi connectivity index (χ0) is 9.42. The molecule has 0 aromatic carbocycles. The van der Waals surface area contributed by atoms with Crippen LogP contribution in [0, 0.1) is 5.92 Å². The first-order valence-corrected chi connectivity index (χ1v) is 5.83. The van der Waals surface area contributed by atoms with Gasteiger partial charge in [-0.1, -0.05) is 6.92 Å². The number of rotatable bonds is 2. The van der Waals surface area contributed by atoms with Gasteiger partial charge in [0.25, 0.3) is 0 Å². The van der Waals surface area contributed by atoms with E-state index >= 15 is 0 Å². The first kappa shape index (κ1) is 9.34. The average Bonchev–Trinajstić information content (AvgIpc) is 2.09. The lowest BCUT2D eigenvalue weighted by molar-refractivity contribution is -0.169. The molecule has 13 heavy (non-hydrogen) atoms. The quantitative estimate of drug-likeness (QED) is 0.630. The molecule has 0 spiro atoms. The highest BCUT2D eigenvalue weighted by Gasteiger charge is 2.46. The maximum atomic E-state index is 11.3. The van der Waals surface area contributed by atoms with E-state index in [4.69, 9.17) is 4.74 Å². The van der Waals surface area contributed by atoms with Gasteiger partial charge in [0, 0.05) is 18.3 Å². The summed E-state index contributed by atoms with van der Waals surface area (Å²) in [7, 11) is 0. The van der Waals surface area contributed by atoms with Gasteiger partial charge in [0.05, 0.1) is 11.8 Å². The smallest absolute Gasteiger partial charge is 0.228 e. The van der Waals surface area contributed by atoms with E-state index in [0.717, 1.165) is 5.75 Å². The van der Waals surface area contributed by atoms with Crippen molar-refractivity contribution >= 4 is 17.7 Å². The molecule has 0 bridgehead atoms. The summed E-state index contributed by atoms with van der Waals surface area (Å²) in [4.78, 5) is 13.2. The van der Waals surface area contributed by atoms with Crippen LogP contribution < -0.4 is 0 Å². The van der Waals surface area contributed by atoms with E-state index in [1.165, 1.54) is 0 Å². The lowest BCUT2D eigenvalue weighted by atomic mass is 10.1. The molecule has 0 aliphatic carbocycles. The number of ether oxygens (including phenoxy) is 1. The van der Waals surface area contributed by atoms with Gasteiger partial charge >= 0.3 is 0 Å². The van der Waals surface area contributed by atoms with Crippen molar-refractivity contribution in [2.24, 2.45) is 5.92 Å². The molecular weight excluding hydrogens is 186 g/mol. The van der Waals surface area contributed by atoms with Crippen molar-refractivity contribution in [2.45, 2.75) is 31.9 Å². The summed E-state index contributed by atoms with van der Waals surface area (Å²) in [6.07, 6.45) is 0.749.